The lowest BCUT2D eigenvalue weighted by Crippen LogP contribution is -2.16. The molecule has 0 fully saturated rings. The number of nitrogens with one attached hydrogen (secondary N) is 1. The summed E-state index contributed by atoms with van der Waals surface area (Å²) >= 11 is 13.1. The topological polar surface area (TPSA) is 99.4 Å². The molecule has 0 radical (unpaired) electrons. The van der Waals surface area contributed by atoms with Gasteiger partial charge in [0, 0.05) is 9.86 Å². The standard InChI is InChI=1S/C21H17Br2ClN2O6/c1-3-30-16-5-11(4-15(24)20(16)31-10-18(27)29-2)9-25-26-21(28)17-7-12-6-13(22)8-14(23)19(12)32-17/h4-9H,3,10H2,1-2H3,(H,26,28)/b25-9-. The van der Waals surface area contributed by atoms with E-state index in [2.05, 4.69) is 47.1 Å². The average molecular weight is 589 g/mol. The third kappa shape index (κ3) is 5.81. The lowest BCUT2D eigenvalue weighted by atomic mass is 10.2. The first-order chi connectivity index (χ1) is 15.3. The minimum absolute atomic E-state index is 0.107. The number of esters is 1. The number of rotatable bonds is 8. The molecule has 8 nitrogen and oxygen atoms in total. The van der Waals surface area contributed by atoms with Gasteiger partial charge >= 0.3 is 11.9 Å². The van der Waals surface area contributed by atoms with Crippen LogP contribution in [0.25, 0.3) is 11.0 Å². The molecule has 1 N–H and O–H groups in total. The maximum absolute atomic E-state index is 12.4. The van der Waals surface area contributed by atoms with Crippen LogP contribution in [0.3, 0.4) is 0 Å². The van der Waals surface area contributed by atoms with Crippen LogP contribution in [0.2, 0.25) is 5.02 Å². The maximum Gasteiger partial charge on any atom is 0.343 e. The van der Waals surface area contributed by atoms with E-state index in [1.54, 1.807) is 25.1 Å². The van der Waals surface area contributed by atoms with Gasteiger partial charge in [0.2, 0.25) is 0 Å². The Labute approximate surface area is 205 Å². The van der Waals surface area contributed by atoms with Gasteiger partial charge in [0.25, 0.3) is 0 Å². The van der Waals surface area contributed by atoms with Gasteiger partial charge in [0.05, 0.1) is 29.4 Å². The Kier molecular flexibility index (Phi) is 8.16. The van der Waals surface area contributed by atoms with E-state index in [9.17, 15) is 9.59 Å². The molecule has 0 aliphatic heterocycles. The number of ether oxygens (including phenoxy) is 3. The second-order valence-corrected chi connectivity index (χ2v) is 8.42. The summed E-state index contributed by atoms with van der Waals surface area (Å²) in [6.07, 6.45) is 1.39. The Hall–Kier alpha value is -2.56. The number of amides is 1. The predicted molar refractivity (Wildman–Crippen MR) is 127 cm³/mol. The molecule has 3 aromatic rings. The molecule has 32 heavy (non-hydrogen) atoms. The second-order valence-electron chi connectivity index (χ2n) is 6.24. The van der Waals surface area contributed by atoms with Crippen LogP contribution in [-0.2, 0) is 9.53 Å². The third-order valence-corrected chi connectivity index (χ3v) is 5.36. The minimum atomic E-state index is -0.554. The number of nitrogens with zero attached hydrogens (tertiary/aromatic N) is 1. The lowest BCUT2D eigenvalue weighted by molar-refractivity contribution is -0.142. The molecule has 168 valence electrons. The number of halogens is 3. The molecule has 0 aliphatic carbocycles. The fourth-order valence-electron chi connectivity index (χ4n) is 2.66. The van der Waals surface area contributed by atoms with Crippen molar-refractivity contribution in [1.29, 1.82) is 0 Å². The van der Waals surface area contributed by atoms with Gasteiger partial charge in [-0.05, 0) is 58.7 Å². The molecule has 2 aromatic carbocycles. The first-order valence-electron chi connectivity index (χ1n) is 9.20. The van der Waals surface area contributed by atoms with Crippen LogP contribution in [0.4, 0.5) is 0 Å². The van der Waals surface area contributed by atoms with E-state index >= 15 is 0 Å². The van der Waals surface area contributed by atoms with Crippen molar-refractivity contribution in [1.82, 2.24) is 5.43 Å². The van der Waals surface area contributed by atoms with Crippen LogP contribution < -0.4 is 14.9 Å². The Morgan fingerprint density at radius 2 is 1.97 bits per heavy atom. The van der Waals surface area contributed by atoms with Crippen molar-refractivity contribution in [3.05, 3.63) is 55.6 Å². The summed E-state index contributed by atoms with van der Waals surface area (Å²) < 4.78 is 22.7. The maximum atomic E-state index is 12.4. The highest BCUT2D eigenvalue weighted by Crippen LogP contribution is 2.36. The molecule has 0 bridgehead atoms. The Morgan fingerprint density at radius 1 is 1.19 bits per heavy atom. The molecule has 0 unspecified atom stereocenters. The fraction of sp³-hybridized carbons (Fsp3) is 0.190. The molecular formula is C21H17Br2ClN2O6. The van der Waals surface area contributed by atoms with Crippen molar-refractivity contribution in [3.63, 3.8) is 0 Å². The van der Waals surface area contributed by atoms with E-state index in [-0.39, 0.29) is 23.1 Å². The average Bonchev–Trinajstić information content (AvgIpc) is 3.17. The van der Waals surface area contributed by atoms with Crippen molar-refractivity contribution in [2.75, 3.05) is 20.3 Å². The normalized spacial score (nSPS) is 11.0. The third-order valence-electron chi connectivity index (χ3n) is 4.03. The van der Waals surface area contributed by atoms with Gasteiger partial charge in [-0.25, -0.2) is 10.2 Å². The summed E-state index contributed by atoms with van der Waals surface area (Å²) in [7, 11) is 1.26. The molecule has 1 aromatic heterocycles. The van der Waals surface area contributed by atoms with E-state index in [0.717, 1.165) is 14.3 Å². The van der Waals surface area contributed by atoms with E-state index in [4.69, 9.17) is 25.5 Å². The van der Waals surface area contributed by atoms with E-state index < -0.39 is 11.9 Å². The first kappa shape index (κ1) is 24.1. The molecule has 0 aliphatic rings. The van der Waals surface area contributed by atoms with E-state index in [1.165, 1.54) is 13.3 Å². The SMILES string of the molecule is CCOc1cc(/C=N\NC(=O)c2cc3cc(Br)cc(Br)c3o2)cc(Cl)c1OCC(=O)OC. The number of hydrazone groups is 1. The summed E-state index contributed by atoms with van der Waals surface area (Å²) in [6, 6.07) is 8.46. The Morgan fingerprint density at radius 3 is 2.69 bits per heavy atom. The molecule has 0 saturated heterocycles. The van der Waals surface area contributed by atoms with Crippen molar-refractivity contribution >= 4 is 72.5 Å². The van der Waals surface area contributed by atoms with Gasteiger partial charge in [-0.15, -0.1) is 0 Å². The van der Waals surface area contributed by atoms with Gasteiger partial charge in [0.15, 0.2) is 23.9 Å². The van der Waals surface area contributed by atoms with Crippen molar-refractivity contribution in [3.8, 4) is 11.5 Å². The minimum Gasteiger partial charge on any atom is -0.490 e. The van der Waals surface area contributed by atoms with Crippen LogP contribution in [0.5, 0.6) is 11.5 Å². The molecule has 0 saturated carbocycles. The fourth-order valence-corrected chi connectivity index (χ4v) is 4.28. The molecule has 3 rings (SSSR count). The van der Waals surface area contributed by atoms with Gasteiger partial charge in [-0.3, -0.25) is 4.79 Å². The number of furan rings is 1. The zero-order valence-corrected chi connectivity index (χ0v) is 20.8. The zero-order chi connectivity index (χ0) is 23.3. The molecule has 0 atom stereocenters. The predicted octanol–water partition coefficient (Wildman–Crippen LogP) is 5.33. The molecule has 0 spiro atoms. The Bertz CT molecular complexity index is 1190. The summed E-state index contributed by atoms with van der Waals surface area (Å²) in [4.78, 5) is 23.8. The number of benzene rings is 2. The summed E-state index contributed by atoms with van der Waals surface area (Å²) in [6.45, 7) is 1.83. The van der Waals surface area contributed by atoms with Crippen LogP contribution in [0.15, 0.2) is 48.8 Å². The lowest BCUT2D eigenvalue weighted by Gasteiger charge is -2.13. The highest BCUT2D eigenvalue weighted by atomic mass is 79.9. The van der Waals surface area contributed by atoms with Crippen molar-refractivity contribution < 1.29 is 28.2 Å². The molecule has 1 amide bonds. The number of hydrogen-bond donors (Lipinski definition) is 1. The van der Waals surface area contributed by atoms with Gasteiger partial charge < -0.3 is 18.6 Å². The molecular weight excluding hydrogens is 572 g/mol. The van der Waals surface area contributed by atoms with Crippen molar-refractivity contribution in [2.24, 2.45) is 5.10 Å². The monoisotopic (exact) mass is 586 g/mol. The van der Waals surface area contributed by atoms with Crippen LogP contribution in [-0.4, -0.2) is 38.4 Å². The summed E-state index contributed by atoms with van der Waals surface area (Å²) in [5.74, 6) is -0.435. The Balaban J connectivity index is 1.75. The first-order valence-corrected chi connectivity index (χ1v) is 11.2. The smallest absolute Gasteiger partial charge is 0.343 e. The summed E-state index contributed by atoms with van der Waals surface area (Å²) in [5.41, 5.74) is 3.50. The zero-order valence-electron chi connectivity index (χ0n) is 16.9. The van der Waals surface area contributed by atoms with E-state index in [0.29, 0.717) is 23.5 Å². The number of fused-ring (bicyclic) bond motifs is 1. The van der Waals surface area contributed by atoms with Gasteiger partial charge in [-0.2, -0.15) is 5.10 Å². The van der Waals surface area contributed by atoms with Crippen LogP contribution in [0.1, 0.15) is 23.0 Å². The van der Waals surface area contributed by atoms with Crippen LogP contribution >= 0.6 is 43.5 Å². The second kappa shape index (κ2) is 10.8. The van der Waals surface area contributed by atoms with E-state index in [1.807, 2.05) is 12.1 Å². The molecule has 1 heterocycles. The van der Waals surface area contributed by atoms with Gasteiger partial charge in [0.1, 0.15) is 5.58 Å². The highest BCUT2D eigenvalue weighted by Gasteiger charge is 2.16. The largest absolute Gasteiger partial charge is 0.490 e. The van der Waals surface area contributed by atoms with Crippen LogP contribution in [0, 0.1) is 0 Å². The number of hydrogen-bond acceptors (Lipinski definition) is 7. The molecule has 11 heteroatoms. The highest BCUT2D eigenvalue weighted by molar-refractivity contribution is 9.11. The van der Waals surface area contributed by atoms with Crippen molar-refractivity contribution in [2.45, 2.75) is 6.92 Å². The number of methoxy groups -OCH3 is 1. The van der Waals surface area contributed by atoms with Gasteiger partial charge in [-0.1, -0.05) is 27.5 Å². The number of carbonyl (C=O) groups is 2. The number of carbonyl (C=O) groups excluding carboxylic acids is 2. The summed E-state index contributed by atoms with van der Waals surface area (Å²) in [5, 5.41) is 4.92. The quantitative estimate of drug-likeness (QED) is 0.217.